The Balaban J connectivity index is 1.14. The highest BCUT2D eigenvalue weighted by atomic mass is 16.7. The lowest BCUT2D eigenvalue weighted by Crippen LogP contribution is -2.33. The Morgan fingerprint density at radius 3 is 2.48 bits per heavy atom. The van der Waals surface area contributed by atoms with E-state index in [9.17, 15) is 9.59 Å². The Labute approximate surface area is 268 Å². The van der Waals surface area contributed by atoms with E-state index in [1.54, 1.807) is 48.5 Å². The highest BCUT2D eigenvalue weighted by Crippen LogP contribution is 2.42. The predicted molar refractivity (Wildman–Crippen MR) is 176 cm³/mol. The van der Waals surface area contributed by atoms with Crippen LogP contribution in [0.3, 0.4) is 0 Å². The molecule has 6 rings (SSSR count). The van der Waals surface area contributed by atoms with Crippen LogP contribution in [0.5, 0.6) is 0 Å². The largest absolute Gasteiger partial charge is 0.459 e. The van der Waals surface area contributed by atoms with Gasteiger partial charge in [0.15, 0.2) is 5.76 Å². The van der Waals surface area contributed by atoms with Crippen molar-refractivity contribution >= 4 is 23.2 Å². The number of anilines is 2. The number of allylic oxidation sites excluding steroid dienone is 1. The minimum atomic E-state index is -0.649. The molecule has 4 aromatic carbocycles. The molecule has 236 valence electrons. The quantitative estimate of drug-likeness (QED) is 0.112. The van der Waals surface area contributed by atoms with Gasteiger partial charge in [-0.1, -0.05) is 66.7 Å². The highest BCUT2D eigenvalue weighted by molar-refractivity contribution is 6.05. The second kappa shape index (κ2) is 14.4. The Bertz CT molecular complexity index is 1740. The minimum Gasteiger partial charge on any atom is -0.459 e. The maximum atomic E-state index is 13.4. The predicted octanol–water partition coefficient (Wildman–Crippen LogP) is 5.15. The van der Waals surface area contributed by atoms with Crippen LogP contribution in [0, 0.1) is 0 Å². The highest BCUT2D eigenvalue weighted by Gasteiger charge is 2.32. The second-order valence-corrected chi connectivity index (χ2v) is 11.3. The first kappa shape index (κ1) is 31.0. The molecule has 2 amide bonds. The van der Waals surface area contributed by atoms with E-state index in [1.165, 1.54) is 22.3 Å². The van der Waals surface area contributed by atoms with Crippen LogP contribution in [-0.2, 0) is 32.0 Å². The van der Waals surface area contributed by atoms with Gasteiger partial charge in [0.1, 0.15) is 0 Å². The van der Waals surface area contributed by atoms with E-state index >= 15 is 0 Å². The zero-order chi connectivity index (χ0) is 31.9. The van der Waals surface area contributed by atoms with Crippen molar-refractivity contribution in [2.75, 3.05) is 37.5 Å². The van der Waals surface area contributed by atoms with Crippen molar-refractivity contribution in [1.82, 2.24) is 5.32 Å². The summed E-state index contributed by atoms with van der Waals surface area (Å²) >= 11 is 0. The van der Waals surface area contributed by atoms with Crippen LogP contribution in [0.15, 0.2) is 103 Å². The van der Waals surface area contributed by atoms with Crippen molar-refractivity contribution in [1.29, 1.82) is 0 Å². The van der Waals surface area contributed by atoms with Gasteiger partial charge in [-0.2, -0.15) is 0 Å². The Kier molecular flexibility index (Phi) is 9.73. The number of nitrogens with two attached hydrogens (primary N) is 1. The fourth-order valence-electron chi connectivity index (χ4n) is 5.92. The van der Waals surface area contributed by atoms with Crippen LogP contribution in [0.4, 0.5) is 11.4 Å². The summed E-state index contributed by atoms with van der Waals surface area (Å²) in [5, 5.41) is 14.8. The number of aliphatic hydroxyl groups is 1. The third-order valence-electron chi connectivity index (χ3n) is 8.21. The summed E-state index contributed by atoms with van der Waals surface area (Å²) in [4.78, 5) is 26.1. The summed E-state index contributed by atoms with van der Waals surface area (Å²) in [6.07, 6.45) is 2.62. The number of amides is 2. The van der Waals surface area contributed by atoms with E-state index in [2.05, 4.69) is 53.1 Å². The summed E-state index contributed by atoms with van der Waals surface area (Å²) in [5.41, 5.74) is 14.4. The molecule has 0 fully saturated rings. The fourth-order valence-corrected chi connectivity index (χ4v) is 5.92. The minimum absolute atomic E-state index is 0.0602. The number of aliphatic hydroxyl groups excluding tert-OH is 1. The summed E-state index contributed by atoms with van der Waals surface area (Å²) in [7, 11) is 0. The SMILES string of the molecule is Nc1ccccc1NC(=O)c1ccc(CNC(=O)C2=C[C@@H](c3cccc4c3Cc3ccccc3-4)C[C@@H](OCCOCCO)O2)cc1. The molecule has 4 aromatic rings. The van der Waals surface area contributed by atoms with Gasteiger partial charge in [0.05, 0.1) is 37.8 Å². The fraction of sp³-hybridized carbons (Fsp3) is 0.243. The van der Waals surface area contributed by atoms with Crippen molar-refractivity contribution in [3.8, 4) is 11.1 Å². The number of carbonyl (C=O) groups excluding carboxylic acids is 2. The molecule has 9 nitrogen and oxygen atoms in total. The van der Waals surface area contributed by atoms with Crippen LogP contribution in [0.2, 0.25) is 0 Å². The molecule has 1 heterocycles. The van der Waals surface area contributed by atoms with Crippen LogP contribution in [0.1, 0.15) is 45.0 Å². The first-order chi connectivity index (χ1) is 22.5. The first-order valence-corrected chi connectivity index (χ1v) is 15.4. The van der Waals surface area contributed by atoms with Crippen molar-refractivity contribution in [3.05, 3.63) is 131 Å². The lowest BCUT2D eigenvalue weighted by Gasteiger charge is -2.30. The van der Waals surface area contributed by atoms with Crippen molar-refractivity contribution in [2.24, 2.45) is 0 Å². The zero-order valence-electron chi connectivity index (χ0n) is 25.4. The molecule has 2 atom stereocenters. The average molecular weight is 620 g/mol. The van der Waals surface area contributed by atoms with E-state index in [0.29, 0.717) is 30.0 Å². The molecule has 0 aromatic heterocycles. The number of para-hydroxylation sites is 2. The first-order valence-electron chi connectivity index (χ1n) is 15.4. The molecule has 1 aliphatic carbocycles. The molecule has 9 heteroatoms. The molecule has 2 aliphatic rings. The van der Waals surface area contributed by atoms with Gasteiger partial charge in [-0.25, -0.2) is 0 Å². The van der Waals surface area contributed by atoms with E-state index in [0.717, 1.165) is 17.5 Å². The maximum absolute atomic E-state index is 13.4. The molecule has 0 spiro atoms. The summed E-state index contributed by atoms with van der Waals surface area (Å²) in [5.74, 6) is -0.531. The number of ether oxygens (including phenoxy) is 3. The lowest BCUT2D eigenvalue weighted by molar-refractivity contribution is -0.151. The number of hydrogen-bond donors (Lipinski definition) is 4. The van der Waals surface area contributed by atoms with Crippen molar-refractivity contribution in [2.45, 2.75) is 31.6 Å². The number of benzene rings is 4. The Morgan fingerprint density at radius 2 is 1.65 bits per heavy atom. The monoisotopic (exact) mass is 619 g/mol. The standard InChI is InChI=1S/C37H37N3O6/c38-32-10-3-4-11-33(32)40-36(42)25-14-12-24(13-15-25)23-39-37(43)34-21-27(22-35(46-34)45-19-18-44-17-16-41)29-8-5-9-30-28-7-2-1-6-26(28)20-31(29)30/h1-15,21,27,35,41H,16-20,22-23,38H2,(H,39,43)(H,40,42)/t27-,35+/m1/s1. The molecule has 5 N–H and O–H groups in total. The third kappa shape index (κ3) is 7.13. The Hall–Kier alpha value is -4.96. The smallest absolute Gasteiger partial charge is 0.286 e. The summed E-state index contributed by atoms with van der Waals surface area (Å²) < 4.78 is 17.4. The number of hydrogen-bond acceptors (Lipinski definition) is 7. The molecular weight excluding hydrogens is 582 g/mol. The van der Waals surface area contributed by atoms with Crippen LogP contribution >= 0.6 is 0 Å². The van der Waals surface area contributed by atoms with E-state index in [-0.39, 0.29) is 49.9 Å². The van der Waals surface area contributed by atoms with E-state index in [4.69, 9.17) is 25.1 Å². The molecule has 0 saturated heterocycles. The maximum Gasteiger partial charge on any atom is 0.286 e. The lowest BCUT2D eigenvalue weighted by atomic mass is 9.87. The van der Waals surface area contributed by atoms with Gasteiger partial charge in [-0.15, -0.1) is 0 Å². The van der Waals surface area contributed by atoms with Gasteiger partial charge < -0.3 is 35.7 Å². The van der Waals surface area contributed by atoms with Crippen LogP contribution in [0.25, 0.3) is 11.1 Å². The van der Waals surface area contributed by atoms with Gasteiger partial charge in [-0.3, -0.25) is 9.59 Å². The average Bonchev–Trinajstić information content (AvgIpc) is 3.47. The van der Waals surface area contributed by atoms with Crippen LogP contribution < -0.4 is 16.4 Å². The van der Waals surface area contributed by atoms with Gasteiger partial charge in [0, 0.05) is 24.4 Å². The molecule has 1 aliphatic heterocycles. The molecule has 46 heavy (non-hydrogen) atoms. The van der Waals surface area contributed by atoms with Gasteiger partial charge in [0.2, 0.25) is 6.29 Å². The number of carbonyl (C=O) groups is 2. The molecular formula is C37H37N3O6. The number of nitrogens with one attached hydrogen (secondary N) is 2. The van der Waals surface area contributed by atoms with Crippen molar-refractivity contribution in [3.63, 3.8) is 0 Å². The van der Waals surface area contributed by atoms with Gasteiger partial charge in [-0.05, 0) is 70.1 Å². The summed E-state index contributed by atoms with van der Waals surface area (Å²) in [6.45, 7) is 0.985. The van der Waals surface area contributed by atoms with E-state index in [1.807, 2.05) is 6.08 Å². The normalized spacial score (nSPS) is 16.5. The van der Waals surface area contributed by atoms with Crippen molar-refractivity contribution < 1.29 is 28.9 Å². The van der Waals surface area contributed by atoms with Gasteiger partial charge in [0.25, 0.3) is 11.8 Å². The summed E-state index contributed by atoms with van der Waals surface area (Å²) in [6, 6.07) is 28.9. The number of fused-ring (bicyclic) bond motifs is 3. The van der Waals surface area contributed by atoms with E-state index < -0.39 is 6.29 Å². The molecule has 0 saturated carbocycles. The second-order valence-electron chi connectivity index (χ2n) is 11.3. The zero-order valence-corrected chi connectivity index (χ0v) is 25.4. The molecule has 0 unspecified atom stereocenters. The molecule has 0 bridgehead atoms. The number of nitrogen functional groups attached to an aromatic ring is 1. The topological polar surface area (TPSA) is 132 Å². The Morgan fingerprint density at radius 1 is 0.870 bits per heavy atom. The van der Waals surface area contributed by atoms with Gasteiger partial charge >= 0.3 is 0 Å². The number of rotatable bonds is 12. The third-order valence-corrected chi connectivity index (χ3v) is 8.21. The van der Waals surface area contributed by atoms with Crippen LogP contribution in [-0.4, -0.2) is 49.6 Å². The molecule has 0 radical (unpaired) electrons.